The van der Waals surface area contributed by atoms with E-state index < -0.39 is 66.2 Å². The highest BCUT2D eigenvalue weighted by Crippen LogP contribution is 2.13. The van der Waals surface area contributed by atoms with Gasteiger partial charge in [-0.15, -0.1) is 0 Å². The van der Waals surface area contributed by atoms with Gasteiger partial charge in [0.25, 0.3) is 0 Å². The molecule has 210 valence electrons. The number of benzene rings is 2. The molecule has 39 heavy (non-hydrogen) atoms. The van der Waals surface area contributed by atoms with Gasteiger partial charge in [-0.1, -0.05) is 56.3 Å². The fourth-order valence-electron chi connectivity index (χ4n) is 3.74. The SMILES string of the molecule is CC(C)C(NC(=O)C(Cc1ccc(O)cc1)NC(=O)C(N)CC(=O)O)C(=O)NC(Cc1ccccc1)C(=O)O. The topological polar surface area (TPSA) is 208 Å². The molecule has 0 bridgehead atoms. The standard InChI is InChI=1S/C27H34N4O8/c1-15(2)23(26(37)30-21(27(38)39)13-16-6-4-3-5-7-16)31-25(36)20(12-17-8-10-18(32)11-9-17)29-24(35)19(28)14-22(33)34/h3-11,15,19-21,23,32H,12-14,28H2,1-2H3,(H,29,35)(H,30,37)(H,31,36)(H,33,34)(H,38,39). The molecular weight excluding hydrogens is 508 g/mol. The molecule has 12 heteroatoms. The van der Waals surface area contributed by atoms with Crippen LogP contribution in [-0.2, 0) is 36.8 Å². The van der Waals surface area contributed by atoms with Crippen molar-refractivity contribution >= 4 is 29.7 Å². The van der Waals surface area contributed by atoms with Crippen molar-refractivity contribution in [3.05, 3.63) is 65.7 Å². The van der Waals surface area contributed by atoms with Crippen LogP contribution in [0.1, 0.15) is 31.4 Å². The third kappa shape index (κ3) is 10.1. The van der Waals surface area contributed by atoms with Gasteiger partial charge in [0, 0.05) is 12.8 Å². The maximum absolute atomic E-state index is 13.3. The maximum atomic E-state index is 13.3. The van der Waals surface area contributed by atoms with E-state index in [0.29, 0.717) is 11.1 Å². The molecule has 0 aliphatic carbocycles. The van der Waals surface area contributed by atoms with Gasteiger partial charge in [-0.05, 0) is 29.2 Å². The Labute approximate surface area is 225 Å². The van der Waals surface area contributed by atoms with Crippen LogP contribution < -0.4 is 21.7 Å². The van der Waals surface area contributed by atoms with Gasteiger partial charge in [0.2, 0.25) is 17.7 Å². The van der Waals surface area contributed by atoms with Gasteiger partial charge in [0.05, 0.1) is 12.5 Å². The van der Waals surface area contributed by atoms with E-state index in [1.54, 1.807) is 44.2 Å². The summed E-state index contributed by atoms with van der Waals surface area (Å²) in [6.07, 6.45) is -0.689. The zero-order valence-electron chi connectivity index (χ0n) is 21.7. The summed E-state index contributed by atoms with van der Waals surface area (Å²) in [4.78, 5) is 61.7. The van der Waals surface area contributed by atoms with Gasteiger partial charge < -0.3 is 37.0 Å². The number of aliphatic carboxylic acids is 2. The second kappa shape index (κ2) is 14.5. The Morgan fingerprint density at radius 3 is 1.82 bits per heavy atom. The highest BCUT2D eigenvalue weighted by Gasteiger charge is 2.32. The van der Waals surface area contributed by atoms with Crippen LogP contribution in [0.5, 0.6) is 5.75 Å². The summed E-state index contributed by atoms with van der Waals surface area (Å²) in [5.74, 6) is -5.37. The molecular formula is C27H34N4O8. The molecule has 8 N–H and O–H groups in total. The van der Waals surface area contributed by atoms with Crippen LogP contribution in [0.3, 0.4) is 0 Å². The lowest BCUT2D eigenvalue weighted by atomic mass is 9.99. The smallest absolute Gasteiger partial charge is 0.326 e. The summed E-state index contributed by atoms with van der Waals surface area (Å²) in [5.41, 5.74) is 6.90. The Kier molecular flexibility index (Phi) is 11.4. The van der Waals surface area contributed by atoms with E-state index in [2.05, 4.69) is 16.0 Å². The Bertz CT molecular complexity index is 1150. The number of hydrogen-bond acceptors (Lipinski definition) is 7. The van der Waals surface area contributed by atoms with Gasteiger partial charge in [-0.2, -0.15) is 0 Å². The zero-order chi connectivity index (χ0) is 29.1. The van der Waals surface area contributed by atoms with Crippen LogP contribution in [0.25, 0.3) is 0 Å². The summed E-state index contributed by atoms with van der Waals surface area (Å²) in [7, 11) is 0. The van der Waals surface area contributed by atoms with Gasteiger partial charge in [-0.25, -0.2) is 4.79 Å². The van der Waals surface area contributed by atoms with Gasteiger partial charge in [-0.3, -0.25) is 19.2 Å². The number of carboxylic acids is 2. The highest BCUT2D eigenvalue weighted by atomic mass is 16.4. The van der Waals surface area contributed by atoms with E-state index in [0.717, 1.165) is 0 Å². The number of nitrogens with one attached hydrogen (secondary N) is 3. The predicted octanol–water partition coefficient (Wildman–Crippen LogP) is 0.174. The van der Waals surface area contributed by atoms with Crippen LogP contribution >= 0.6 is 0 Å². The molecule has 0 radical (unpaired) electrons. The summed E-state index contributed by atoms with van der Waals surface area (Å²) < 4.78 is 0. The molecule has 0 aromatic heterocycles. The minimum absolute atomic E-state index is 0.00713. The Morgan fingerprint density at radius 1 is 0.744 bits per heavy atom. The lowest BCUT2D eigenvalue weighted by molar-refractivity contribution is -0.142. The number of rotatable bonds is 14. The lowest BCUT2D eigenvalue weighted by Crippen LogP contribution is -2.59. The molecule has 3 amide bonds. The third-order valence-electron chi connectivity index (χ3n) is 5.88. The van der Waals surface area contributed by atoms with Crippen molar-refractivity contribution in [3.63, 3.8) is 0 Å². The number of hydrogen-bond donors (Lipinski definition) is 7. The molecule has 2 rings (SSSR count). The second-order valence-electron chi connectivity index (χ2n) is 9.46. The zero-order valence-corrected chi connectivity index (χ0v) is 21.7. The first-order chi connectivity index (χ1) is 18.4. The quantitative estimate of drug-likeness (QED) is 0.173. The Hall–Kier alpha value is -4.45. The normalized spacial score (nSPS) is 13.9. The predicted molar refractivity (Wildman–Crippen MR) is 140 cm³/mol. The van der Waals surface area contributed by atoms with E-state index in [9.17, 15) is 34.2 Å². The largest absolute Gasteiger partial charge is 0.508 e. The first-order valence-electron chi connectivity index (χ1n) is 12.3. The number of carbonyl (C=O) groups is 5. The van der Waals surface area contributed by atoms with Crippen LogP contribution in [0.15, 0.2) is 54.6 Å². The third-order valence-corrected chi connectivity index (χ3v) is 5.88. The number of carboxylic acid groups (broad SMARTS) is 2. The second-order valence-corrected chi connectivity index (χ2v) is 9.46. The molecule has 0 heterocycles. The van der Waals surface area contributed by atoms with Crippen LogP contribution in [0.2, 0.25) is 0 Å². The highest BCUT2D eigenvalue weighted by molar-refractivity contribution is 5.95. The van der Waals surface area contributed by atoms with Crippen LogP contribution in [-0.4, -0.2) is 69.1 Å². The summed E-state index contributed by atoms with van der Waals surface area (Å²) >= 11 is 0. The van der Waals surface area contributed by atoms with Crippen LogP contribution in [0, 0.1) is 5.92 Å². The van der Waals surface area contributed by atoms with Crippen molar-refractivity contribution in [2.45, 2.75) is 57.3 Å². The fourth-order valence-corrected chi connectivity index (χ4v) is 3.74. The number of nitrogens with two attached hydrogens (primary N) is 1. The summed E-state index contributed by atoms with van der Waals surface area (Å²) in [5, 5.41) is 35.6. The van der Waals surface area contributed by atoms with Crippen molar-refractivity contribution in [1.29, 1.82) is 0 Å². The van der Waals surface area contributed by atoms with E-state index in [-0.39, 0.29) is 18.6 Å². The number of phenols is 1. The lowest BCUT2D eigenvalue weighted by Gasteiger charge is -2.27. The molecule has 2 aromatic carbocycles. The summed E-state index contributed by atoms with van der Waals surface area (Å²) in [6.45, 7) is 3.32. The van der Waals surface area contributed by atoms with Crippen molar-refractivity contribution in [1.82, 2.24) is 16.0 Å². The average molecular weight is 543 g/mol. The molecule has 0 aliphatic heterocycles. The number of amides is 3. The molecule has 0 saturated carbocycles. The van der Waals surface area contributed by atoms with Gasteiger partial charge >= 0.3 is 11.9 Å². The fraction of sp³-hybridized carbons (Fsp3) is 0.370. The van der Waals surface area contributed by atoms with E-state index in [1.807, 2.05) is 0 Å². The van der Waals surface area contributed by atoms with Crippen molar-refractivity contribution in [2.24, 2.45) is 11.7 Å². The maximum Gasteiger partial charge on any atom is 0.326 e. The number of carbonyl (C=O) groups excluding carboxylic acids is 3. The number of aromatic hydroxyl groups is 1. The minimum atomic E-state index is -1.42. The average Bonchev–Trinajstić information content (AvgIpc) is 2.87. The van der Waals surface area contributed by atoms with Crippen molar-refractivity contribution < 1.29 is 39.3 Å². The van der Waals surface area contributed by atoms with Crippen molar-refractivity contribution in [3.8, 4) is 5.75 Å². The molecule has 0 saturated heterocycles. The molecule has 0 spiro atoms. The molecule has 12 nitrogen and oxygen atoms in total. The molecule has 4 atom stereocenters. The number of phenolic OH excluding ortho intramolecular Hbond substituents is 1. The molecule has 0 fully saturated rings. The molecule has 2 aromatic rings. The minimum Gasteiger partial charge on any atom is -0.508 e. The molecule has 0 aliphatic rings. The molecule has 4 unspecified atom stereocenters. The van der Waals surface area contributed by atoms with Crippen LogP contribution in [0.4, 0.5) is 0 Å². The van der Waals surface area contributed by atoms with E-state index >= 15 is 0 Å². The van der Waals surface area contributed by atoms with Gasteiger partial charge in [0.15, 0.2) is 0 Å². The van der Waals surface area contributed by atoms with Gasteiger partial charge in [0.1, 0.15) is 23.9 Å². The van der Waals surface area contributed by atoms with Crippen molar-refractivity contribution in [2.75, 3.05) is 0 Å². The summed E-state index contributed by atoms with van der Waals surface area (Å²) in [6, 6.07) is 9.52. The Balaban J connectivity index is 2.21. The monoisotopic (exact) mass is 542 g/mol. The Morgan fingerprint density at radius 2 is 1.28 bits per heavy atom. The first kappa shape index (κ1) is 30.8. The van der Waals surface area contributed by atoms with E-state index in [1.165, 1.54) is 24.3 Å². The van der Waals surface area contributed by atoms with E-state index in [4.69, 9.17) is 10.8 Å². The first-order valence-corrected chi connectivity index (χ1v) is 12.3.